The maximum Gasteiger partial charge on any atom is 0.182 e. The van der Waals surface area contributed by atoms with Gasteiger partial charge in [-0.05, 0) is 66.6 Å². The summed E-state index contributed by atoms with van der Waals surface area (Å²) < 4.78 is 32.4. The number of pyridine rings is 1. The summed E-state index contributed by atoms with van der Waals surface area (Å²) in [6, 6.07) is 18.7. The SMILES string of the molecule is [2H]C([2H])([2H])N1CN(c2cccc(Oc3cc4c(-c5cc(C(C)(C)C)ccn5)c5ccsc5cc4s3)c2)C(C)=C1C. The number of nitrogens with zero attached hydrogens (tertiary/aromatic N) is 3. The maximum atomic E-state index is 7.88. The Kier molecular flexibility index (Phi) is 4.97. The van der Waals surface area contributed by atoms with Crippen molar-refractivity contribution in [3.8, 4) is 22.1 Å². The summed E-state index contributed by atoms with van der Waals surface area (Å²) in [5.74, 6) is 0.707. The van der Waals surface area contributed by atoms with Gasteiger partial charge in [0.2, 0.25) is 0 Å². The fraction of sp³-hybridized carbons (Fsp3) is 0.258. The Morgan fingerprint density at radius 1 is 0.973 bits per heavy atom. The number of fused-ring (bicyclic) bond motifs is 2. The molecule has 5 aromatic rings. The van der Waals surface area contributed by atoms with Gasteiger partial charge in [-0.1, -0.05) is 38.2 Å². The molecule has 2 aromatic carbocycles. The molecule has 0 unspecified atom stereocenters. The molecule has 6 heteroatoms. The topological polar surface area (TPSA) is 28.6 Å². The van der Waals surface area contributed by atoms with Crippen LogP contribution in [0.5, 0.6) is 10.8 Å². The van der Waals surface area contributed by atoms with Crippen LogP contribution in [0.4, 0.5) is 5.69 Å². The lowest BCUT2D eigenvalue weighted by atomic mass is 9.86. The largest absolute Gasteiger partial charge is 0.447 e. The Bertz CT molecular complexity index is 1780. The average Bonchev–Trinajstić information content (AvgIpc) is 3.59. The number of hydrogen-bond donors (Lipinski definition) is 0. The average molecular weight is 529 g/mol. The Balaban J connectivity index is 1.37. The molecule has 0 amide bonds. The van der Waals surface area contributed by atoms with Crippen LogP contribution in [0.25, 0.3) is 31.4 Å². The van der Waals surface area contributed by atoms with E-state index < -0.39 is 6.98 Å². The van der Waals surface area contributed by atoms with Crippen molar-refractivity contribution in [3.05, 3.63) is 83.1 Å². The summed E-state index contributed by atoms with van der Waals surface area (Å²) in [5, 5.41) is 5.26. The maximum absolute atomic E-state index is 7.88. The summed E-state index contributed by atoms with van der Waals surface area (Å²) in [6.45, 7) is 8.57. The summed E-state index contributed by atoms with van der Waals surface area (Å²) in [5.41, 5.74) is 5.95. The third-order valence-electron chi connectivity index (χ3n) is 7.08. The van der Waals surface area contributed by atoms with E-state index in [1.165, 1.54) is 20.5 Å². The molecule has 4 heterocycles. The van der Waals surface area contributed by atoms with Crippen molar-refractivity contribution in [1.29, 1.82) is 0 Å². The molecule has 0 saturated heterocycles. The standard InChI is InChI=1S/C31H31N3OS2/c1-19-20(2)34(18-33(19)6)22-8-7-9-23(15-22)35-29-16-25-28(37-29)17-27-24(11-13-36-27)30(25)26-14-21(10-12-32-26)31(3,4)5/h7-17H,18H2,1-6H3/i6D3. The molecule has 0 fully saturated rings. The number of aromatic nitrogens is 1. The highest BCUT2D eigenvalue weighted by Gasteiger charge is 2.22. The van der Waals surface area contributed by atoms with E-state index in [1.54, 1.807) is 22.7 Å². The molecule has 0 N–H and O–H groups in total. The second-order valence-corrected chi connectivity index (χ2v) is 12.5. The first-order chi connectivity index (χ1) is 18.9. The van der Waals surface area contributed by atoms with E-state index in [9.17, 15) is 0 Å². The van der Waals surface area contributed by atoms with E-state index in [1.807, 2.05) is 49.2 Å². The van der Waals surface area contributed by atoms with Gasteiger partial charge in [0.25, 0.3) is 0 Å². The van der Waals surface area contributed by atoms with Crippen molar-refractivity contribution in [2.75, 3.05) is 18.5 Å². The summed E-state index contributed by atoms with van der Waals surface area (Å²) in [6.07, 6.45) is 1.91. The van der Waals surface area contributed by atoms with Gasteiger partial charge in [0.05, 0.1) is 12.4 Å². The van der Waals surface area contributed by atoms with Crippen molar-refractivity contribution in [2.45, 2.75) is 40.0 Å². The summed E-state index contributed by atoms with van der Waals surface area (Å²) >= 11 is 3.36. The second kappa shape index (κ2) is 8.89. The van der Waals surface area contributed by atoms with Crippen molar-refractivity contribution in [1.82, 2.24) is 9.88 Å². The third kappa shape index (κ3) is 4.28. The van der Waals surface area contributed by atoms with E-state index in [0.29, 0.717) is 5.75 Å². The predicted octanol–water partition coefficient (Wildman–Crippen LogP) is 9.23. The highest BCUT2D eigenvalue weighted by molar-refractivity contribution is 7.22. The molecule has 6 rings (SSSR count). The molecular weight excluding hydrogens is 494 g/mol. The molecule has 0 atom stereocenters. The Hall–Kier alpha value is -3.35. The van der Waals surface area contributed by atoms with Crippen LogP contribution >= 0.6 is 22.7 Å². The van der Waals surface area contributed by atoms with Crippen molar-refractivity contribution in [2.24, 2.45) is 0 Å². The summed E-state index contributed by atoms with van der Waals surface area (Å²) in [7, 11) is 0. The normalized spacial score (nSPS) is 16.0. The molecule has 1 aliphatic heterocycles. The van der Waals surface area contributed by atoms with Crippen LogP contribution in [0, 0.1) is 0 Å². The van der Waals surface area contributed by atoms with Crippen molar-refractivity contribution < 1.29 is 8.85 Å². The van der Waals surface area contributed by atoms with Gasteiger partial charge in [0.1, 0.15) is 5.75 Å². The Labute approximate surface area is 230 Å². The second-order valence-electron chi connectivity index (χ2n) is 10.5. The molecule has 3 aromatic heterocycles. The zero-order valence-electron chi connectivity index (χ0n) is 24.6. The number of allylic oxidation sites excluding steroid dienone is 2. The van der Waals surface area contributed by atoms with Crippen LogP contribution in [-0.4, -0.2) is 23.5 Å². The molecule has 0 spiro atoms. The fourth-order valence-corrected chi connectivity index (χ4v) is 6.69. The van der Waals surface area contributed by atoms with E-state index in [2.05, 4.69) is 56.5 Å². The van der Waals surface area contributed by atoms with Crippen LogP contribution in [0.2, 0.25) is 0 Å². The highest BCUT2D eigenvalue weighted by atomic mass is 32.1. The number of hydrogen-bond acceptors (Lipinski definition) is 6. The molecule has 188 valence electrons. The first-order valence-electron chi connectivity index (χ1n) is 13.8. The number of rotatable bonds is 4. The molecule has 0 bridgehead atoms. The highest BCUT2D eigenvalue weighted by Crippen LogP contribution is 2.45. The van der Waals surface area contributed by atoms with E-state index in [4.69, 9.17) is 13.8 Å². The van der Waals surface area contributed by atoms with Crippen LogP contribution in [0.3, 0.4) is 0 Å². The third-order valence-corrected chi connectivity index (χ3v) is 8.90. The van der Waals surface area contributed by atoms with Gasteiger partial charge in [0.15, 0.2) is 5.06 Å². The first kappa shape index (κ1) is 20.7. The van der Waals surface area contributed by atoms with Gasteiger partial charge in [-0.25, -0.2) is 0 Å². The van der Waals surface area contributed by atoms with Gasteiger partial charge in [-0.2, -0.15) is 0 Å². The summed E-state index contributed by atoms with van der Waals surface area (Å²) in [4.78, 5) is 8.27. The molecule has 0 aliphatic carbocycles. The van der Waals surface area contributed by atoms with E-state index in [-0.39, 0.29) is 12.1 Å². The van der Waals surface area contributed by atoms with Crippen molar-refractivity contribution in [3.63, 3.8) is 0 Å². The van der Waals surface area contributed by atoms with E-state index >= 15 is 0 Å². The number of anilines is 1. The molecule has 1 aliphatic rings. The van der Waals surface area contributed by atoms with Crippen LogP contribution in [0.1, 0.15) is 44.3 Å². The predicted molar refractivity (Wildman–Crippen MR) is 159 cm³/mol. The minimum absolute atomic E-state index is 0.0230. The Morgan fingerprint density at radius 3 is 2.62 bits per heavy atom. The Morgan fingerprint density at radius 2 is 1.84 bits per heavy atom. The lowest BCUT2D eigenvalue weighted by molar-refractivity contribution is 0.459. The first-order valence-corrected chi connectivity index (χ1v) is 14.0. The number of benzene rings is 2. The van der Waals surface area contributed by atoms with Gasteiger partial charge >= 0.3 is 0 Å². The minimum Gasteiger partial charge on any atom is -0.447 e. The van der Waals surface area contributed by atoms with Crippen LogP contribution in [-0.2, 0) is 5.41 Å². The quantitative estimate of drug-likeness (QED) is 0.232. The minimum atomic E-state index is -2.18. The van der Waals surface area contributed by atoms with Gasteiger partial charge in [0, 0.05) is 72.2 Å². The molecular formula is C31H31N3OS2. The lowest BCUT2D eigenvalue weighted by Crippen LogP contribution is -2.24. The van der Waals surface area contributed by atoms with Gasteiger partial charge < -0.3 is 14.5 Å². The van der Waals surface area contributed by atoms with Crippen LogP contribution in [0.15, 0.2) is 77.6 Å². The molecule has 0 radical (unpaired) electrons. The fourth-order valence-electron chi connectivity index (χ4n) is 4.80. The van der Waals surface area contributed by atoms with Gasteiger partial charge in [-0.3, -0.25) is 4.98 Å². The number of ether oxygens (including phenoxy) is 1. The molecule has 4 nitrogen and oxygen atoms in total. The smallest absolute Gasteiger partial charge is 0.182 e. The molecule has 37 heavy (non-hydrogen) atoms. The zero-order chi connectivity index (χ0) is 28.4. The van der Waals surface area contributed by atoms with Crippen molar-refractivity contribution >= 4 is 48.5 Å². The molecule has 0 saturated carbocycles. The van der Waals surface area contributed by atoms with Gasteiger partial charge in [-0.15, -0.1) is 11.3 Å². The zero-order valence-corrected chi connectivity index (χ0v) is 23.3. The lowest BCUT2D eigenvalue weighted by Gasteiger charge is -2.21. The monoisotopic (exact) mass is 528 g/mol. The van der Waals surface area contributed by atoms with Crippen LogP contribution < -0.4 is 9.64 Å². The van der Waals surface area contributed by atoms with E-state index in [0.717, 1.165) is 43.5 Å². The number of thiophene rings is 2.